The number of rotatable bonds is 4. The fourth-order valence-electron chi connectivity index (χ4n) is 1.63. The molecule has 0 saturated carbocycles. The molecular weight excluding hydrogens is 294 g/mol. The molecule has 1 aromatic carbocycles. The summed E-state index contributed by atoms with van der Waals surface area (Å²) in [6.45, 7) is 3.19. The van der Waals surface area contributed by atoms with E-state index in [-0.39, 0.29) is 5.91 Å². The van der Waals surface area contributed by atoms with Gasteiger partial charge in [-0.05, 0) is 40.5 Å². The molecule has 0 atom stereocenters. The van der Waals surface area contributed by atoms with Gasteiger partial charge in [-0.2, -0.15) is 5.10 Å². The highest BCUT2D eigenvalue weighted by molar-refractivity contribution is 9.10. The van der Waals surface area contributed by atoms with E-state index in [2.05, 4.69) is 26.3 Å². The molecule has 0 fully saturated rings. The fourth-order valence-corrected chi connectivity index (χ4v) is 2.08. The maximum absolute atomic E-state index is 12.0. The van der Waals surface area contributed by atoms with E-state index in [1.165, 1.54) is 0 Å². The van der Waals surface area contributed by atoms with Crippen molar-refractivity contribution in [2.75, 3.05) is 6.54 Å². The van der Waals surface area contributed by atoms with Crippen LogP contribution in [0.3, 0.4) is 0 Å². The number of aryl methyl sites for hydroxylation is 1. The number of amides is 1. The average molecular weight is 308 g/mol. The number of carbonyl (C=O) groups is 1. The number of halogens is 1. The summed E-state index contributed by atoms with van der Waals surface area (Å²) in [6, 6.07) is 7.51. The highest BCUT2D eigenvalue weighted by Crippen LogP contribution is 2.20. The number of benzene rings is 1. The third-order valence-electron chi connectivity index (χ3n) is 2.62. The predicted molar refractivity (Wildman–Crippen MR) is 73.4 cm³/mol. The van der Waals surface area contributed by atoms with Crippen LogP contribution in [0.2, 0.25) is 0 Å². The van der Waals surface area contributed by atoms with Crippen LogP contribution >= 0.6 is 15.9 Å². The van der Waals surface area contributed by atoms with E-state index in [1.807, 2.05) is 31.3 Å². The van der Waals surface area contributed by atoms with E-state index < -0.39 is 0 Å². The second-order valence-corrected chi connectivity index (χ2v) is 4.75. The van der Waals surface area contributed by atoms with Gasteiger partial charge in [0.25, 0.3) is 5.91 Å². The molecule has 1 heterocycles. The van der Waals surface area contributed by atoms with Crippen LogP contribution in [0.4, 0.5) is 0 Å². The zero-order valence-electron chi connectivity index (χ0n) is 10.1. The van der Waals surface area contributed by atoms with E-state index in [1.54, 1.807) is 16.9 Å². The summed E-state index contributed by atoms with van der Waals surface area (Å²) in [7, 11) is 0. The molecule has 94 valence electrons. The van der Waals surface area contributed by atoms with Gasteiger partial charge in [-0.15, -0.1) is 0 Å². The molecule has 2 rings (SSSR count). The molecule has 0 saturated heterocycles. The number of hydrogen-bond donors (Lipinski definition) is 1. The quantitative estimate of drug-likeness (QED) is 0.942. The SMILES string of the molecule is Cc1cccc(C(=O)NCCn2cccn2)c1Br. The summed E-state index contributed by atoms with van der Waals surface area (Å²) >= 11 is 3.43. The van der Waals surface area contributed by atoms with Crippen molar-refractivity contribution in [2.45, 2.75) is 13.5 Å². The largest absolute Gasteiger partial charge is 0.350 e. The molecule has 0 aliphatic rings. The Kier molecular flexibility index (Phi) is 4.15. The van der Waals surface area contributed by atoms with E-state index in [9.17, 15) is 4.79 Å². The Labute approximate surface area is 114 Å². The van der Waals surface area contributed by atoms with Gasteiger partial charge in [0, 0.05) is 23.4 Å². The van der Waals surface area contributed by atoms with E-state index in [4.69, 9.17) is 0 Å². The first kappa shape index (κ1) is 12.8. The molecule has 0 unspecified atom stereocenters. The molecule has 1 N–H and O–H groups in total. The summed E-state index contributed by atoms with van der Waals surface area (Å²) in [6.07, 6.45) is 3.59. The van der Waals surface area contributed by atoms with Crippen molar-refractivity contribution < 1.29 is 4.79 Å². The van der Waals surface area contributed by atoms with E-state index in [0.29, 0.717) is 18.7 Å². The number of hydrogen-bond acceptors (Lipinski definition) is 2. The molecule has 1 amide bonds. The molecule has 1 aromatic heterocycles. The van der Waals surface area contributed by atoms with Crippen LogP contribution in [-0.2, 0) is 6.54 Å². The van der Waals surface area contributed by atoms with Crippen molar-refractivity contribution >= 4 is 21.8 Å². The van der Waals surface area contributed by atoms with Gasteiger partial charge in [-0.25, -0.2) is 0 Å². The van der Waals surface area contributed by atoms with Gasteiger partial charge in [-0.3, -0.25) is 9.48 Å². The maximum atomic E-state index is 12.0. The van der Waals surface area contributed by atoms with Gasteiger partial charge in [0.15, 0.2) is 0 Å². The molecule has 0 radical (unpaired) electrons. The molecule has 0 aliphatic heterocycles. The minimum atomic E-state index is -0.0715. The Bertz CT molecular complexity index is 537. The second kappa shape index (κ2) is 5.82. The lowest BCUT2D eigenvalue weighted by Gasteiger charge is -2.08. The van der Waals surface area contributed by atoms with Gasteiger partial charge in [0.2, 0.25) is 0 Å². The van der Waals surface area contributed by atoms with Gasteiger partial charge in [0.05, 0.1) is 12.1 Å². The zero-order valence-corrected chi connectivity index (χ0v) is 11.6. The standard InChI is InChI=1S/C13H14BrN3O/c1-10-4-2-5-11(12(10)14)13(18)15-7-9-17-8-3-6-16-17/h2-6,8H,7,9H2,1H3,(H,15,18). The molecule has 18 heavy (non-hydrogen) atoms. The van der Waals surface area contributed by atoms with Gasteiger partial charge < -0.3 is 5.32 Å². The third-order valence-corrected chi connectivity index (χ3v) is 3.67. The summed E-state index contributed by atoms with van der Waals surface area (Å²) in [5.41, 5.74) is 1.71. The fraction of sp³-hybridized carbons (Fsp3) is 0.231. The maximum Gasteiger partial charge on any atom is 0.252 e. The number of aromatic nitrogens is 2. The minimum absolute atomic E-state index is 0.0715. The van der Waals surface area contributed by atoms with Crippen LogP contribution < -0.4 is 5.32 Å². The average Bonchev–Trinajstić information content (AvgIpc) is 2.85. The van der Waals surface area contributed by atoms with Crippen molar-refractivity contribution in [3.63, 3.8) is 0 Å². The smallest absolute Gasteiger partial charge is 0.252 e. The summed E-state index contributed by atoms with van der Waals surface area (Å²) in [4.78, 5) is 12.0. The van der Waals surface area contributed by atoms with Crippen LogP contribution in [-0.4, -0.2) is 22.2 Å². The third kappa shape index (κ3) is 2.98. The van der Waals surface area contributed by atoms with Crippen LogP contribution in [0.5, 0.6) is 0 Å². The highest BCUT2D eigenvalue weighted by Gasteiger charge is 2.10. The summed E-state index contributed by atoms with van der Waals surface area (Å²) < 4.78 is 2.63. The van der Waals surface area contributed by atoms with Crippen molar-refractivity contribution in [2.24, 2.45) is 0 Å². The van der Waals surface area contributed by atoms with Gasteiger partial charge in [0.1, 0.15) is 0 Å². The first-order valence-corrected chi connectivity index (χ1v) is 6.48. The summed E-state index contributed by atoms with van der Waals surface area (Å²) in [5, 5.41) is 6.95. The number of carbonyl (C=O) groups excluding carboxylic acids is 1. The Balaban J connectivity index is 1.93. The number of nitrogens with zero attached hydrogens (tertiary/aromatic N) is 2. The molecule has 0 bridgehead atoms. The van der Waals surface area contributed by atoms with Crippen LogP contribution in [0.25, 0.3) is 0 Å². The lowest BCUT2D eigenvalue weighted by atomic mass is 10.1. The van der Waals surface area contributed by atoms with E-state index >= 15 is 0 Å². The van der Waals surface area contributed by atoms with Gasteiger partial charge in [-0.1, -0.05) is 12.1 Å². The first-order valence-electron chi connectivity index (χ1n) is 5.69. The predicted octanol–water partition coefficient (Wildman–Crippen LogP) is 2.38. The lowest BCUT2D eigenvalue weighted by molar-refractivity contribution is 0.0951. The van der Waals surface area contributed by atoms with Gasteiger partial charge >= 0.3 is 0 Å². The molecule has 5 heteroatoms. The molecule has 0 spiro atoms. The first-order chi connectivity index (χ1) is 8.68. The lowest BCUT2D eigenvalue weighted by Crippen LogP contribution is -2.27. The second-order valence-electron chi connectivity index (χ2n) is 3.96. The Morgan fingerprint density at radius 2 is 2.28 bits per heavy atom. The normalized spacial score (nSPS) is 10.3. The van der Waals surface area contributed by atoms with Crippen molar-refractivity contribution in [3.8, 4) is 0 Å². The molecular formula is C13H14BrN3O. The Hall–Kier alpha value is -1.62. The minimum Gasteiger partial charge on any atom is -0.350 e. The highest BCUT2D eigenvalue weighted by atomic mass is 79.9. The monoisotopic (exact) mass is 307 g/mol. The van der Waals surface area contributed by atoms with Crippen molar-refractivity contribution in [1.82, 2.24) is 15.1 Å². The van der Waals surface area contributed by atoms with Crippen LogP contribution in [0, 0.1) is 6.92 Å². The summed E-state index contributed by atoms with van der Waals surface area (Å²) in [5.74, 6) is -0.0715. The van der Waals surface area contributed by atoms with Crippen LogP contribution in [0.1, 0.15) is 15.9 Å². The Morgan fingerprint density at radius 1 is 1.44 bits per heavy atom. The zero-order chi connectivity index (χ0) is 13.0. The van der Waals surface area contributed by atoms with Crippen molar-refractivity contribution in [1.29, 1.82) is 0 Å². The molecule has 4 nitrogen and oxygen atoms in total. The van der Waals surface area contributed by atoms with Crippen LogP contribution in [0.15, 0.2) is 41.1 Å². The molecule has 0 aliphatic carbocycles. The molecule has 2 aromatic rings. The topological polar surface area (TPSA) is 46.9 Å². The van der Waals surface area contributed by atoms with E-state index in [0.717, 1.165) is 10.0 Å². The Morgan fingerprint density at radius 3 is 3.00 bits per heavy atom. The number of nitrogens with one attached hydrogen (secondary N) is 1. The van der Waals surface area contributed by atoms with Crippen molar-refractivity contribution in [3.05, 3.63) is 52.3 Å².